The fourth-order valence-electron chi connectivity index (χ4n) is 2.05. The highest BCUT2D eigenvalue weighted by Gasteiger charge is 2.21. The van der Waals surface area contributed by atoms with E-state index in [-0.39, 0.29) is 5.97 Å². The van der Waals surface area contributed by atoms with Crippen molar-refractivity contribution in [3.05, 3.63) is 54.1 Å². The van der Waals surface area contributed by atoms with Gasteiger partial charge in [0.1, 0.15) is 5.75 Å². The first-order valence-corrected chi connectivity index (χ1v) is 7.06. The van der Waals surface area contributed by atoms with Gasteiger partial charge in [0.2, 0.25) is 0 Å². The number of benzene rings is 2. The molecule has 0 heterocycles. The third kappa shape index (κ3) is 3.91. The number of carbonyl (C=O) groups excluding carboxylic acids is 1. The number of hydrogen-bond acceptors (Lipinski definition) is 5. The summed E-state index contributed by atoms with van der Waals surface area (Å²) in [5.74, 6) is 0.425. The Morgan fingerprint density at radius 3 is 2.32 bits per heavy atom. The number of rotatable bonds is 6. The largest absolute Gasteiger partial charge is 0.497 e. The lowest BCUT2D eigenvalue weighted by Gasteiger charge is -2.19. The standard InChI is InChI=1S/C17H20N2O3/c1-3-22-17(20)16(12-4-6-13(18)7-5-12)19-14-8-10-15(21-2)11-9-14/h4-11,16,19H,3,18H2,1-2H3. The van der Waals surface area contributed by atoms with Crippen LogP contribution in [0.3, 0.4) is 0 Å². The number of nitrogens with two attached hydrogens (primary N) is 1. The minimum atomic E-state index is -0.589. The summed E-state index contributed by atoms with van der Waals surface area (Å²) in [5, 5.41) is 3.18. The zero-order valence-corrected chi connectivity index (χ0v) is 12.7. The van der Waals surface area contributed by atoms with Crippen LogP contribution in [-0.2, 0) is 9.53 Å². The van der Waals surface area contributed by atoms with Gasteiger partial charge >= 0.3 is 5.97 Å². The molecule has 0 fully saturated rings. The molecule has 0 saturated carbocycles. The van der Waals surface area contributed by atoms with E-state index < -0.39 is 6.04 Å². The number of anilines is 2. The molecule has 0 amide bonds. The van der Waals surface area contributed by atoms with E-state index in [0.29, 0.717) is 12.3 Å². The van der Waals surface area contributed by atoms with Crippen LogP contribution >= 0.6 is 0 Å². The van der Waals surface area contributed by atoms with Crippen molar-refractivity contribution in [3.8, 4) is 5.75 Å². The highest BCUT2D eigenvalue weighted by atomic mass is 16.5. The summed E-state index contributed by atoms with van der Waals surface area (Å²) >= 11 is 0. The Morgan fingerprint density at radius 2 is 1.77 bits per heavy atom. The molecule has 2 aromatic carbocycles. The van der Waals surface area contributed by atoms with Crippen LogP contribution < -0.4 is 15.8 Å². The molecule has 0 aliphatic rings. The summed E-state index contributed by atoms with van der Waals surface area (Å²) in [5.41, 5.74) is 7.94. The quantitative estimate of drug-likeness (QED) is 0.633. The Labute approximate surface area is 130 Å². The first kappa shape index (κ1) is 15.7. The lowest BCUT2D eigenvalue weighted by molar-refractivity contribution is -0.144. The molecular weight excluding hydrogens is 280 g/mol. The molecule has 0 aliphatic heterocycles. The number of carbonyl (C=O) groups is 1. The molecular formula is C17H20N2O3. The molecule has 0 aliphatic carbocycles. The zero-order chi connectivity index (χ0) is 15.9. The van der Waals surface area contributed by atoms with Crippen LogP contribution in [0.2, 0.25) is 0 Å². The molecule has 0 spiro atoms. The van der Waals surface area contributed by atoms with Crippen molar-refractivity contribution in [2.24, 2.45) is 0 Å². The van der Waals surface area contributed by atoms with Crippen molar-refractivity contribution >= 4 is 17.3 Å². The second-order valence-corrected chi connectivity index (χ2v) is 4.72. The summed E-state index contributed by atoms with van der Waals surface area (Å²) in [6, 6.07) is 13.9. The van der Waals surface area contributed by atoms with Gasteiger partial charge in [-0.3, -0.25) is 0 Å². The Hall–Kier alpha value is -2.69. The molecule has 116 valence electrons. The van der Waals surface area contributed by atoms with Crippen molar-refractivity contribution < 1.29 is 14.3 Å². The molecule has 0 saturated heterocycles. The molecule has 2 aromatic rings. The molecule has 5 nitrogen and oxygen atoms in total. The average molecular weight is 300 g/mol. The van der Waals surface area contributed by atoms with E-state index in [2.05, 4.69) is 5.32 Å². The minimum Gasteiger partial charge on any atom is -0.497 e. The first-order chi connectivity index (χ1) is 10.6. The van der Waals surface area contributed by atoms with Crippen molar-refractivity contribution in [2.75, 3.05) is 24.8 Å². The van der Waals surface area contributed by atoms with E-state index in [1.807, 2.05) is 36.4 Å². The van der Waals surface area contributed by atoms with Gasteiger partial charge in [0.25, 0.3) is 0 Å². The van der Waals surface area contributed by atoms with Crippen LogP contribution in [-0.4, -0.2) is 19.7 Å². The zero-order valence-electron chi connectivity index (χ0n) is 12.7. The third-order valence-electron chi connectivity index (χ3n) is 3.19. The van der Waals surface area contributed by atoms with Gasteiger partial charge in [0.15, 0.2) is 6.04 Å². The van der Waals surface area contributed by atoms with Gasteiger partial charge in [-0.2, -0.15) is 0 Å². The number of ether oxygens (including phenoxy) is 2. The van der Waals surface area contributed by atoms with Crippen LogP contribution in [0, 0.1) is 0 Å². The Morgan fingerprint density at radius 1 is 1.14 bits per heavy atom. The van der Waals surface area contributed by atoms with Gasteiger partial charge in [0, 0.05) is 11.4 Å². The summed E-state index contributed by atoms with van der Waals surface area (Å²) < 4.78 is 10.3. The van der Waals surface area contributed by atoms with Crippen molar-refractivity contribution in [2.45, 2.75) is 13.0 Å². The second-order valence-electron chi connectivity index (χ2n) is 4.72. The van der Waals surface area contributed by atoms with E-state index in [1.54, 1.807) is 26.2 Å². The van der Waals surface area contributed by atoms with Crippen LogP contribution in [0.1, 0.15) is 18.5 Å². The lowest BCUT2D eigenvalue weighted by atomic mass is 10.1. The first-order valence-electron chi connectivity index (χ1n) is 7.06. The Kier molecular flexibility index (Phi) is 5.25. The SMILES string of the molecule is CCOC(=O)C(Nc1ccc(OC)cc1)c1ccc(N)cc1. The third-order valence-corrected chi connectivity index (χ3v) is 3.19. The lowest BCUT2D eigenvalue weighted by Crippen LogP contribution is -2.23. The maximum Gasteiger partial charge on any atom is 0.333 e. The summed E-state index contributed by atoms with van der Waals surface area (Å²) in [4.78, 5) is 12.2. The fourth-order valence-corrected chi connectivity index (χ4v) is 2.05. The van der Waals surface area contributed by atoms with Gasteiger partial charge in [-0.05, 0) is 48.9 Å². The number of hydrogen-bond donors (Lipinski definition) is 2. The van der Waals surface area contributed by atoms with Crippen LogP contribution in [0.5, 0.6) is 5.75 Å². The topological polar surface area (TPSA) is 73.6 Å². The van der Waals surface area contributed by atoms with Crippen molar-refractivity contribution in [1.29, 1.82) is 0 Å². The molecule has 3 N–H and O–H groups in total. The highest BCUT2D eigenvalue weighted by molar-refractivity contribution is 5.81. The monoisotopic (exact) mass is 300 g/mol. The van der Waals surface area contributed by atoms with E-state index in [9.17, 15) is 4.79 Å². The predicted molar refractivity (Wildman–Crippen MR) is 86.8 cm³/mol. The fraction of sp³-hybridized carbons (Fsp3) is 0.235. The maximum atomic E-state index is 12.2. The highest BCUT2D eigenvalue weighted by Crippen LogP contribution is 2.23. The molecule has 5 heteroatoms. The van der Waals surface area contributed by atoms with Crippen LogP contribution in [0.4, 0.5) is 11.4 Å². The van der Waals surface area contributed by atoms with Crippen molar-refractivity contribution in [3.63, 3.8) is 0 Å². The van der Waals surface area contributed by atoms with Gasteiger partial charge in [-0.25, -0.2) is 4.79 Å². The Bertz CT molecular complexity index is 609. The summed E-state index contributed by atoms with van der Waals surface area (Å²) in [7, 11) is 1.61. The molecule has 2 rings (SSSR count). The van der Waals surface area contributed by atoms with Gasteiger partial charge in [0.05, 0.1) is 13.7 Å². The van der Waals surface area contributed by atoms with Gasteiger partial charge in [-0.15, -0.1) is 0 Å². The predicted octanol–water partition coefficient (Wildman–Crippen LogP) is 2.99. The van der Waals surface area contributed by atoms with E-state index >= 15 is 0 Å². The smallest absolute Gasteiger partial charge is 0.333 e. The van der Waals surface area contributed by atoms with E-state index in [0.717, 1.165) is 17.0 Å². The molecule has 1 unspecified atom stereocenters. The summed E-state index contributed by atoms with van der Waals surface area (Å²) in [6.45, 7) is 2.11. The molecule has 0 bridgehead atoms. The van der Waals surface area contributed by atoms with E-state index in [4.69, 9.17) is 15.2 Å². The van der Waals surface area contributed by atoms with E-state index in [1.165, 1.54) is 0 Å². The molecule has 0 radical (unpaired) electrons. The van der Waals surface area contributed by atoms with Crippen molar-refractivity contribution in [1.82, 2.24) is 0 Å². The molecule has 0 aromatic heterocycles. The Balaban J connectivity index is 2.23. The number of esters is 1. The molecule has 1 atom stereocenters. The maximum absolute atomic E-state index is 12.2. The minimum absolute atomic E-state index is 0.328. The normalized spacial score (nSPS) is 11.5. The van der Waals surface area contributed by atoms with Gasteiger partial charge < -0.3 is 20.5 Å². The number of methoxy groups -OCH3 is 1. The summed E-state index contributed by atoms with van der Waals surface area (Å²) in [6.07, 6.45) is 0. The van der Waals surface area contributed by atoms with Crippen LogP contribution in [0.25, 0.3) is 0 Å². The molecule has 22 heavy (non-hydrogen) atoms. The second kappa shape index (κ2) is 7.36. The average Bonchev–Trinajstić information content (AvgIpc) is 2.54. The number of nitrogens with one attached hydrogen (secondary N) is 1. The van der Waals surface area contributed by atoms with Gasteiger partial charge in [-0.1, -0.05) is 12.1 Å². The number of nitrogen functional groups attached to an aromatic ring is 1. The van der Waals surface area contributed by atoms with Crippen LogP contribution in [0.15, 0.2) is 48.5 Å².